The molecule has 0 radical (unpaired) electrons. The summed E-state index contributed by atoms with van der Waals surface area (Å²) in [4.78, 5) is 6.79. The third-order valence-corrected chi connectivity index (χ3v) is 3.57. The summed E-state index contributed by atoms with van der Waals surface area (Å²) in [6.07, 6.45) is 3.12. The molecule has 2 rings (SSSR count). The van der Waals surface area contributed by atoms with Crippen molar-refractivity contribution < 1.29 is 0 Å². The molecule has 0 aliphatic rings. The van der Waals surface area contributed by atoms with Crippen LogP contribution < -0.4 is 10.2 Å². The number of hydrogen-bond acceptors (Lipinski definition) is 3. The monoisotopic (exact) mass is 283 g/mol. The van der Waals surface area contributed by atoms with Crippen LogP contribution >= 0.6 is 0 Å². The fourth-order valence-corrected chi connectivity index (χ4v) is 2.44. The molecule has 0 spiro atoms. The lowest BCUT2D eigenvalue weighted by atomic mass is 10.1. The number of rotatable bonds is 6. The lowest BCUT2D eigenvalue weighted by Crippen LogP contribution is -2.16. The molecule has 2 aromatic rings. The highest BCUT2D eigenvalue weighted by Gasteiger charge is 2.09. The Bertz CT molecular complexity index is 593. The minimum atomic E-state index is 0.885. The van der Waals surface area contributed by atoms with Crippen molar-refractivity contribution in [2.24, 2.45) is 0 Å². The second-order valence-corrected chi connectivity index (χ2v) is 5.56. The first-order chi connectivity index (χ1) is 10.1. The Morgan fingerprint density at radius 1 is 1.19 bits per heavy atom. The van der Waals surface area contributed by atoms with Gasteiger partial charge in [0.2, 0.25) is 0 Å². The van der Waals surface area contributed by atoms with Gasteiger partial charge in [-0.1, -0.05) is 19.1 Å². The summed E-state index contributed by atoms with van der Waals surface area (Å²) < 4.78 is 0. The second-order valence-electron chi connectivity index (χ2n) is 5.56. The standard InChI is InChI=1S/C18H25N3/c1-5-9-19-12-16-11-15(3)18(20-13-16)21(4)17-8-6-7-14(2)10-17/h6-8,10-11,13,19H,5,9,12H2,1-4H3. The largest absolute Gasteiger partial charge is 0.329 e. The van der Waals surface area contributed by atoms with E-state index in [1.54, 1.807) is 0 Å². The van der Waals surface area contributed by atoms with Crippen LogP contribution in [0.2, 0.25) is 0 Å². The number of benzene rings is 1. The lowest BCUT2D eigenvalue weighted by Gasteiger charge is -2.21. The van der Waals surface area contributed by atoms with Gasteiger partial charge in [0.1, 0.15) is 5.82 Å². The highest BCUT2D eigenvalue weighted by Crippen LogP contribution is 2.25. The van der Waals surface area contributed by atoms with Crippen molar-refractivity contribution in [3.05, 3.63) is 53.2 Å². The third-order valence-electron chi connectivity index (χ3n) is 3.57. The van der Waals surface area contributed by atoms with Crippen LogP contribution in [0.1, 0.15) is 30.0 Å². The normalized spacial score (nSPS) is 10.7. The van der Waals surface area contributed by atoms with Crippen molar-refractivity contribution in [3.63, 3.8) is 0 Å². The van der Waals surface area contributed by atoms with E-state index in [-0.39, 0.29) is 0 Å². The fraction of sp³-hybridized carbons (Fsp3) is 0.389. The Hall–Kier alpha value is -1.87. The van der Waals surface area contributed by atoms with E-state index in [9.17, 15) is 0 Å². The molecule has 0 aliphatic carbocycles. The molecule has 0 fully saturated rings. The summed E-state index contributed by atoms with van der Waals surface area (Å²) in [5.74, 6) is 1.01. The summed E-state index contributed by atoms with van der Waals surface area (Å²) in [7, 11) is 2.07. The highest BCUT2D eigenvalue weighted by molar-refractivity contribution is 5.62. The van der Waals surface area contributed by atoms with E-state index in [2.05, 4.69) is 73.4 Å². The first kappa shape index (κ1) is 15.5. The van der Waals surface area contributed by atoms with Crippen LogP contribution in [0.25, 0.3) is 0 Å². The predicted octanol–water partition coefficient (Wildman–Crippen LogP) is 3.97. The Balaban J connectivity index is 2.16. The van der Waals surface area contributed by atoms with E-state index in [1.807, 2.05) is 6.20 Å². The summed E-state index contributed by atoms with van der Waals surface area (Å²) >= 11 is 0. The zero-order chi connectivity index (χ0) is 15.2. The van der Waals surface area contributed by atoms with E-state index >= 15 is 0 Å². The van der Waals surface area contributed by atoms with Crippen LogP contribution in [-0.4, -0.2) is 18.6 Å². The smallest absolute Gasteiger partial charge is 0.135 e. The van der Waals surface area contributed by atoms with E-state index in [1.165, 1.54) is 22.4 Å². The van der Waals surface area contributed by atoms with E-state index in [0.717, 1.165) is 25.3 Å². The van der Waals surface area contributed by atoms with Gasteiger partial charge in [-0.2, -0.15) is 0 Å². The Morgan fingerprint density at radius 2 is 2.00 bits per heavy atom. The fourth-order valence-electron chi connectivity index (χ4n) is 2.44. The number of nitrogens with zero attached hydrogens (tertiary/aromatic N) is 2. The van der Waals surface area contributed by atoms with E-state index in [4.69, 9.17) is 0 Å². The van der Waals surface area contributed by atoms with Crippen molar-refractivity contribution in [2.45, 2.75) is 33.7 Å². The van der Waals surface area contributed by atoms with E-state index < -0.39 is 0 Å². The van der Waals surface area contributed by atoms with Crippen LogP contribution in [0.4, 0.5) is 11.5 Å². The number of aryl methyl sites for hydroxylation is 2. The highest BCUT2D eigenvalue weighted by atomic mass is 15.2. The van der Waals surface area contributed by atoms with Gasteiger partial charge in [-0.3, -0.25) is 0 Å². The molecule has 1 N–H and O–H groups in total. The number of pyridine rings is 1. The quantitative estimate of drug-likeness (QED) is 0.813. The van der Waals surface area contributed by atoms with Crippen LogP contribution in [0.15, 0.2) is 36.5 Å². The molecule has 3 heteroatoms. The maximum Gasteiger partial charge on any atom is 0.135 e. The molecule has 0 aliphatic heterocycles. The van der Waals surface area contributed by atoms with Crippen molar-refractivity contribution in [3.8, 4) is 0 Å². The molecule has 112 valence electrons. The molecule has 1 heterocycles. The molecule has 0 bridgehead atoms. The molecule has 0 atom stereocenters. The van der Waals surface area contributed by atoms with Crippen LogP contribution in [0.3, 0.4) is 0 Å². The molecule has 0 saturated carbocycles. The summed E-state index contributed by atoms with van der Waals surface area (Å²) in [6, 6.07) is 10.7. The van der Waals surface area contributed by atoms with Gasteiger partial charge in [-0.15, -0.1) is 0 Å². The maximum absolute atomic E-state index is 4.65. The lowest BCUT2D eigenvalue weighted by molar-refractivity contribution is 0.673. The van der Waals surface area contributed by atoms with Crippen LogP contribution in [-0.2, 0) is 6.54 Å². The Kier molecular flexibility index (Phi) is 5.34. The topological polar surface area (TPSA) is 28.2 Å². The zero-order valence-corrected chi connectivity index (χ0v) is 13.5. The third kappa shape index (κ3) is 4.05. The maximum atomic E-state index is 4.65. The predicted molar refractivity (Wildman–Crippen MR) is 90.2 cm³/mol. The minimum Gasteiger partial charge on any atom is -0.329 e. The molecule has 1 aromatic carbocycles. The average Bonchev–Trinajstić information content (AvgIpc) is 2.47. The SMILES string of the molecule is CCCNCc1cnc(N(C)c2cccc(C)c2)c(C)c1. The first-order valence-corrected chi connectivity index (χ1v) is 7.58. The average molecular weight is 283 g/mol. The van der Waals surface area contributed by atoms with Crippen LogP contribution in [0.5, 0.6) is 0 Å². The Morgan fingerprint density at radius 3 is 2.67 bits per heavy atom. The molecular formula is C18H25N3. The molecule has 21 heavy (non-hydrogen) atoms. The van der Waals surface area contributed by atoms with Gasteiger partial charge in [0, 0.05) is 25.5 Å². The van der Waals surface area contributed by atoms with Crippen molar-refractivity contribution in [1.82, 2.24) is 10.3 Å². The molecule has 3 nitrogen and oxygen atoms in total. The van der Waals surface area contributed by atoms with Gasteiger partial charge in [-0.25, -0.2) is 4.98 Å². The number of hydrogen-bond donors (Lipinski definition) is 1. The first-order valence-electron chi connectivity index (χ1n) is 7.58. The van der Waals surface area contributed by atoms with Gasteiger partial charge in [0.25, 0.3) is 0 Å². The van der Waals surface area contributed by atoms with Gasteiger partial charge in [0.15, 0.2) is 0 Å². The van der Waals surface area contributed by atoms with Gasteiger partial charge in [0.05, 0.1) is 0 Å². The zero-order valence-electron chi connectivity index (χ0n) is 13.5. The molecule has 0 amide bonds. The second kappa shape index (κ2) is 7.23. The number of anilines is 2. The van der Waals surface area contributed by atoms with Crippen molar-refractivity contribution >= 4 is 11.5 Å². The van der Waals surface area contributed by atoms with Crippen LogP contribution in [0, 0.1) is 13.8 Å². The summed E-state index contributed by atoms with van der Waals surface area (Å²) in [5.41, 5.74) is 4.87. The molecule has 0 saturated heterocycles. The summed E-state index contributed by atoms with van der Waals surface area (Å²) in [5, 5.41) is 3.41. The molecule has 1 aromatic heterocycles. The van der Waals surface area contributed by atoms with E-state index in [0.29, 0.717) is 0 Å². The van der Waals surface area contributed by atoms with Crippen molar-refractivity contribution in [2.75, 3.05) is 18.5 Å². The van der Waals surface area contributed by atoms with Crippen molar-refractivity contribution in [1.29, 1.82) is 0 Å². The van der Waals surface area contributed by atoms with Gasteiger partial charge >= 0.3 is 0 Å². The molecule has 0 unspecified atom stereocenters. The number of aromatic nitrogens is 1. The van der Waals surface area contributed by atoms with Gasteiger partial charge in [-0.05, 0) is 61.7 Å². The minimum absolute atomic E-state index is 0.885. The molecular weight excluding hydrogens is 258 g/mol. The van der Waals surface area contributed by atoms with Gasteiger partial charge < -0.3 is 10.2 Å². The summed E-state index contributed by atoms with van der Waals surface area (Å²) in [6.45, 7) is 8.34. The Labute approximate surface area is 128 Å². The number of nitrogens with one attached hydrogen (secondary N) is 1.